The molecule has 2 atom stereocenters. The molecule has 0 amide bonds. The van der Waals surface area contributed by atoms with Gasteiger partial charge in [-0.2, -0.15) is 0 Å². The molecular weight excluding hydrogens is 239 g/mol. The Morgan fingerprint density at radius 2 is 1.89 bits per heavy atom. The van der Waals surface area contributed by atoms with Gasteiger partial charge >= 0.3 is 0 Å². The van der Waals surface area contributed by atoms with Gasteiger partial charge in [0.25, 0.3) is 0 Å². The van der Waals surface area contributed by atoms with Gasteiger partial charge < -0.3 is 5.32 Å². The molecule has 108 valence electrons. The van der Waals surface area contributed by atoms with E-state index in [0.29, 0.717) is 6.04 Å². The minimum Gasteiger partial charge on any atom is -0.317 e. The lowest BCUT2D eigenvalue weighted by Gasteiger charge is -2.31. The molecule has 0 saturated heterocycles. The fraction of sp³-hybridized carbons (Fsp3) is 0.625. The van der Waals surface area contributed by atoms with E-state index in [2.05, 4.69) is 38.0 Å². The van der Waals surface area contributed by atoms with Gasteiger partial charge in [0.1, 0.15) is 5.82 Å². The number of hydrogen-bond donors (Lipinski definition) is 1. The summed E-state index contributed by atoms with van der Waals surface area (Å²) < 4.78 is 13.8. The van der Waals surface area contributed by atoms with Crippen LogP contribution in [0.15, 0.2) is 24.3 Å². The summed E-state index contributed by atoms with van der Waals surface area (Å²) in [6.07, 6.45) is 2.24. The fourth-order valence-electron chi connectivity index (χ4n) is 2.23. The molecule has 0 aliphatic heterocycles. The zero-order valence-corrected chi connectivity index (χ0v) is 12.6. The van der Waals surface area contributed by atoms with Crippen molar-refractivity contribution in [3.05, 3.63) is 35.6 Å². The summed E-state index contributed by atoms with van der Waals surface area (Å²) in [5.41, 5.74) is 0.776. The van der Waals surface area contributed by atoms with Gasteiger partial charge in [0, 0.05) is 17.6 Å². The molecule has 0 radical (unpaired) electrons. The van der Waals surface area contributed by atoms with E-state index in [1.165, 1.54) is 6.07 Å². The lowest BCUT2D eigenvalue weighted by atomic mass is 10.0. The van der Waals surface area contributed by atoms with E-state index >= 15 is 0 Å². The van der Waals surface area contributed by atoms with Gasteiger partial charge in [0.05, 0.1) is 0 Å². The van der Waals surface area contributed by atoms with Crippen LogP contribution in [-0.2, 0) is 0 Å². The Hall–Kier alpha value is -0.930. The number of rotatable bonds is 8. The van der Waals surface area contributed by atoms with Gasteiger partial charge in [-0.3, -0.25) is 4.90 Å². The van der Waals surface area contributed by atoms with Crippen molar-refractivity contribution < 1.29 is 4.39 Å². The van der Waals surface area contributed by atoms with Gasteiger partial charge in [0.15, 0.2) is 0 Å². The summed E-state index contributed by atoms with van der Waals surface area (Å²) in [6, 6.07) is 7.58. The molecule has 1 rings (SSSR count). The number of benzene rings is 1. The topological polar surface area (TPSA) is 15.3 Å². The minimum absolute atomic E-state index is 0.0994. The highest BCUT2D eigenvalue weighted by Crippen LogP contribution is 2.23. The summed E-state index contributed by atoms with van der Waals surface area (Å²) >= 11 is 0. The van der Waals surface area contributed by atoms with Crippen LogP contribution >= 0.6 is 0 Å². The van der Waals surface area contributed by atoms with Crippen LogP contribution < -0.4 is 5.32 Å². The molecular formula is C16H27FN2. The molecule has 0 spiro atoms. The monoisotopic (exact) mass is 266 g/mol. The summed E-state index contributed by atoms with van der Waals surface area (Å²) in [5.74, 6) is -0.113. The molecule has 19 heavy (non-hydrogen) atoms. The predicted molar refractivity (Wildman–Crippen MR) is 79.8 cm³/mol. The first-order valence-electron chi connectivity index (χ1n) is 7.25. The number of nitrogens with zero attached hydrogens (tertiary/aromatic N) is 1. The van der Waals surface area contributed by atoms with Crippen molar-refractivity contribution in [2.75, 3.05) is 20.1 Å². The second-order valence-electron chi connectivity index (χ2n) is 5.25. The average Bonchev–Trinajstić information content (AvgIpc) is 2.42. The molecule has 3 heteroatoms. The second kappa shape index (κ2) is 8.28. The van der Waals surface area contributed by atoms with Crippen LogP contribution in [0, 0.1) is 5.82 Å². The van der Waals surface area contributed by atoms with Crippen molar-refractivity contribution >= 4 is 0 Å². The van der Waals surface area contributed by atoms with Crippen LogP contribution in [0.1, 0.15) is 45.2 Å². The normalized spacial score (nSPS) is 14.6. The van der Waals surface area contributed by atoms with E-state index in [0.717, 1.165) is 31.5 Å². The van der Waals surface area contributed by atoms with Crippen LogP contribution in [0.3, 0.4) is 0 Å². The highest BCUT2D eigenvalue weighted by atomic mass is 19.1. The molecule has 2 unspecified atom stereocenters. The molecule has 2 nitrogen and oxygen atoms in total. The maximum atomic E-state index is 13.8. The summed E-state index contributed by atoms with van der Waals surface area (Å²) in [5, 5.41) is 3.41. The van der Waals surface area contributed by atoms with Crippen molar-refractivity contribution in [2.45, 2.75) is 45.7 Å². The minimum atomic E-state index is -0.113. The number of nitrogens with one attached hydrogen (secondary N) is 1. The molecule has 0 aliphatic carbocycles. The van der Waals surface area contributed by atoms with Gasteiger partial charge in [-0.1, -0.05) is 25.1 Å². The Kier molecular flexibility index (Phi) is 7.03. The Morgan fingerprint density at radius 1 is 1.21 bits per heavy atom. The zero-order valence-electron chi connectivity index (χ0n) is 12.6. The maximum absolute atomic E-state index is 13.8. The van der Waals surface area contributed by atoms with Crippen LogP contribution in [-0.4, -0.2) is 31.1 Å². The van der Waals surface area contributed by atoms with Crippen molar-refractivity contribution in [1.29, 1.82) is 0 Å². The Bertz CT molecular complexity index is 368. The van der Waals surface area contributed by atoms with Crippen molar-refractivity contribution in [3.8, 4) is 0 Å². The lowest BCUT2D eigenvalue weighted by molar-refractivity contribution is 0.185. The molecule has 1 N–H and O–H groups in total. The second-order valence-corrected chi connectivity index (χ2v) is 5.25. The van der Waals surface area contributed by atoms with Crippen molar-refractivity contribution in [2.24, 2.45) is 0 Å². The third-order valence-corrected chi connectivity index (χ3v) is 3.83. The van der Waals surface area contributed by atoms with Gasteiger partial charge in [-0.15, -0.1) is 0 Å². The third kappa shape index (κ3) is 4.92. The van der Waals surface area contributed by atoms with Gasteiger partial charge in [-0.05, 0) is 52.9 Å². The van der Waals surface area contributed by atoms with E-state index in [-0.39, 0.29) is 11.9 Å². The third-order valence-electron chi connectivity index (χ3n) is 3.83. The highest BCUT2D eigenvalue weighted by molar-refractivity contribution is 5.20. The maximum Gasteiger partial charge on any atom is 0.127 e. The van der Waals surface area contributed by atoms with E-state index in [1.807, 2.05) is 12.1 Å². The lowest BCUT2D eigenvalue weighted by Crippen LogP contribution is -2.34. The smallest absolute Gasteiger partial charge is 0.127 e. The summed E-state index contributed by atoms with van der Waals surface area (Å²) in [6.45, 7) is 8.52. The van der Waals surface area contributed by atoms with E-state index in [9.17, 15) is 4.39 Å². The zero-order chi connectivity index (χ0) is 14.3. The predicted octanol–water partition coefficient (Wildman–Crippen LogP) is 3.60. The van der Waals surface area contributed by atoms with Crippen LogP contribution in [0.25, 0.3) is 0 Å². The fourth-order valence-corrected chi connectivity index (χ4v) is 2.23. The summed E-state index contributed by atoms with van der Waals surface area (Å²) in [4.78, 5) is 2.24. The molecule has 0 fully saturated rings. The molecule has 0 aliphatic rings. The molecule has 0 bridgehead atoms. The van der Waals surface area contributed by atoms with E-state index in [4.69, 9.17) is 0 Å². The Morgan fingerprint density at radius 3 is 2.53 bits per heavy atom. The molecule has 0 heterocycles. The van der Waals surface area contributed by atoms with Crippen molar-refractivity contribution in [1.82, 2.24) is 10.2 Å². The summed E-state index contributed by atoms with van der Waals surface area (Å²) in [7, 11) is 2.07. The van der Waals surface area contributed by atoms with Gasteiger partial charge in [0.2, 0.25) is 0 Å². The molecule has 0 saturated carbocycles. The van der Waals surface area contributed by atoms with Crippen LogP contribution in [0.2, 0.25) is 0 Å². The highest BCUT2D eigenvalue weighted by Gasteiger charge is 2.19. The SMILES string of the molecule is CCCNCCC(C)N(C)C(C)c1ccccc1F. The van der Waals surface area contributed by atoms with E-state index < -0.39 is 0 Å². The Balaban J connectivity index is 2.52. The molecule has 0 aromatic heterocycles. The van der Waals surface area contributed by atoms with Gasteiger partial charge in [-0.25, -0.2) is 4.39 Å². The molecule has 1 aromatic rings. The standard InChI is InChI=1S/C16H27FN2/c1-5-11-18-12-10-13(2)19(4)14(3)15-8-6-7-9-16(15)17/h6-9,13-14,18H,5,10-12H2,1-4H3. The first-order chi connectivity index (χ1) is 9.07. The van der Waals surface area contributed by atoms with Crippen LogP contribution in [0.5, 0.6) is 0 Å². The number of hydrogen-bond acceptors (Lipinski definition) is 2. The quantitative estimate of drug-likeness (QED) is 0.723. The van der Waals surface area contributed by atoms with Crippen molar-refractivity contribution in [3.63, 3.8) is 0 Å². The Labute approximate surface area is 117 Å². The van der Waals surface area contributed by atoms with E-state index in [1.54, 1.807) is 6.07 Å². The largest absolute Gasteiger partial charge is 0.317 e. The van der Waals surface area contributed by atoms with Crippen LogP contribution in [0.4, 0.5) is 4.39 Å². The first kappa shape index (κ1) is 16.1. The molecule has 1 aromatic carbocycles. The first-order valence-corrected chi connectivity index (χ1v) is 7.25. The number of halogens is 1. The average molecular weight is 266 g/mol.